The highest BCUT2D eigenvalue weighted by atomic mass is 35.5. The number of nitriles is 1. The molecule has 7 heteroatoms. The summed E-state index contributed by atoms with van der Waals surface area (Å²) in [6, 6.07) is 2.79. The maximum Gasteiger partial charge on any atom is 0.322 e. The molecule has 1 aliphatic carbocycles. The molecule has 1 fully saturated rings. The van der Waals surface area contributed by atoms with Crippen LogP contribution in [0.1, 0.15) is 32.6 Å². The number of halogens is 1. The van der Waals surface area contributed by atoms with E-state index in [-0.39, 0.29) is 11.3 Å². The van der Waals surface area contributed by atoms with Crippen molar-refractivity contribution in [2.75, 3.05) is 18.1 Å². The van der Waals surface area contributed by atoms with E-state index in [1.165, 1.54) is 0 Å². The van der Waals surface area contributed by atoms with Crippen LogP contribution >= 0.6 is 11.6 Å². The number of hydrogen-bond donors (Lipinski definition) is 0. The molecule has 2 rings (SSSR count). The topological polar surface area (TPSA) is 74.9 Å². The van der Waals surface area contributed by atoms with Crippen molar-refractivity contribution in [3.05, 3.63) is 5.28 Å². The maximum absolute atomic E-state index is 8.71. The standard InChI is InChI=1S/C12H16ClN5O/c1-2-8-19-12-16-10(13)15-11(17-12)18(7-3-6-14)9-4-5-9/h9H,2-5,7-8H2,1H3. The Hall–Kier alpha value is -1.61. The Morgan fingerprint density at radius 3 is 2.84 bits per heavy atom. The number of aromatic nitrogens is 3. The third kappa shape index (κ3) is 3.93. The first kappa shape index (κ1) is 13.8. The molecular formula is C12H16ClN5O. The van der Waals surface area contributed by atoms with Crippen LogP contribution in [-0.2, 0) is 0 Å². The van der Waals surface area contributed by atoms with E-state index in [0.29, 0.717) is 31.6 Å². The van der Waals surface area contributed by atoms with Crippen LogP contribution in [0.2, 0.25) is 5.28 Å². The van der Waals surface area contributed by atoms with Crippen LogP contribution in [0.25, 0.3) is 0 Å². The van der Waals surface area contributed by atoms with Gasteiger partial charge in [0, 0.05) is 12.6 Å². The molecule has 0 aromatic carbocycles. The quantitative estimate of drug-likeness (QED) is 0.763. The Labute approximate surface area is 117 Å². The Bertz CT molecular complexity index is 472. The predicted molar refractivity (Wildman–Crippen MR) is 71.2 cm³/mol. The third-order valence-corrected chi connectivity index (χ3v) is 2.89. The second-order valence-corrected chi connectivity index (χ2v) is 4.71. The summed E-state index contributed by atoms with van der Waals surface area (Å²) in [5.41, 5.74) is 0. The average molecular weight is 282 g/mol. The smallest absolute Gasteiger partial charge is 0.322 e. The molecule has 0 saturated heterocycles. The maximum atomic E-state index is 8.71. The summed E-state index contributed by atoms with van der Waals surface area (Å²) in [6.45, 7) is 3.16. The van der Waals surface area contributed by atoms with E-state index < -0.39 is 0 Å². The molecule has 0 unspecified atom stereocenters. The van der Waals surface area contributed by atoms with Crippen molar-refractivity contribution in [2.24, 2.45) is 0 Å². The van der Waals surface area contributed by atoms with Gasteiger partial charge in [-0.25, -0.2) is 0 Å². The number of ether oxygens (including phenoxy) is 1. The van der Waals surface area contributed by atoms with Crippen LogP contribution in [0.4, 0.5) is 5.95 Å². The van der Waals surface area contributed by atoms with Gasteiger partial charge in [-0.3, -0.25) is 0 Å². The van der Waals surface area contributed by atoms with E-state index >= 15 is 0 Å². The lowest BCUT2D eigenvalue weighted by Crippen LogP contribution is -2.29. The van der Waals surface area contributed by atoms with Crippen molar-refractivity contribution in [1.82, 2.24) is 15.0 Å². The lowest BCUT2D eigenvalue weighted by molar-refractivity contribution is 0.291. The molecule has 1 saturated carbocycles. The Morgan fingerprint density at radius 2 is 2.21 bits per heavy atom. The molecule has 1 heterocycles. The van der Waals surface area contributed by atoms with E-state index in [2.05, 4.69) is 21.0 Å². The predicted octanol–water partition coefficient (Wildman–Crippen LogP) is 2.20. The minimum atomic E-state index is 0.124. The molecule has 0 amide bonds. The van der Waals surface area contributed by atoms with Crippen molar-refractivity contribution in [1.29, 1.82) is 5.26 Å². The van der Waals surface area contributed by atoms with Crippen molar-refractivity contribution in [3.8, 4) is 12.1 Å². The fourth-order valence-electron chi connectivity index (χ4n) is 1.71. The van der Waals surface area contributed by atoms with Crippen LogP contribution in [0.15, 0.2) is 0 Å². The SMILES string of the molecule is CCCOc1nc(Cl)nc(N(CCC#N)C2CC2)n1. The summed E-state index contributed by atoms with van der Waals surface area (Å²) in [7, 11) is 0. The monoisotopic (exact) mass is 281 g/mol. The van der Waals surface area contributed by atoms with Gasteiger partial charge in [-0.15, -0.1) is 0 Å². The van der Waals surface area contributed by atoms with Gasteiger partial charge in [-0.05, 0) is 30.9 Å². The highest BCUT2D eigenvalue weighted by Crippen LogP contribution is 2.30. The Morgan fingerprint density at radius 1 is 1.42 bits per heavy atom. The van der Waals surface area contributed by atoms with Gasteiger partial charge in [0.05, 0.1) is 19.1 Å². The van der Waals surface area contributed by atoms with Crippen molar-refractivity contribution < 1.29 is 4.74 Å². The van der Waals surface area contributed by atoms with Crippen LogP contribution in [0, 0.1) is 11.3 Å². The summed E-state index contributed by atoms with van der Waals surface area (Å²) in [5.74, 6) is 0.504. The number of hydrogen-bond acceptors (Lipinski definition) is 6. The molecule has 1 aromatic rings. The minimum absolute atomic E-state index is 0.124. The highest BCUT2D eigenvalue weighted by Gasteiger charge is 2.31. The first-order valence-corrected chi connectivity index (χ1v) is 6.80. The molecule has 0 spiro atoms. The summed E-state index contributed by atoms with van der Waals surface area (Å²) < 4.78 is 5.39. The molecule has 1 aliphatic rings. The average Bonchev–Trinajstić information content (AvgIpc) is 3.21. The van der Waals surface area contributed by atoms with Gasteiger partial charge in [0.2, 0.25) is 11.2 Å². The summed E-state index contributed by atoms with van der Waals surface area (Å²) in [4.78, 5) is 14.4. The number of rotatable bonds is 7. The van der Waals surface area contributed by atoms with Crippen molar-refractivity contribution >= 4 is 17.5 Å². The first-order valence-electron chi connectivity index (χ1n) is 6.42. The zero-order valence-corrected chi connectivity index (χ0v) is 11.6. The lowest BCUT2D eigenvalue weighted by atomic mass is 10.4. The van der Waals surface area contributed by atoms with Crippen molar-refractivity contribution in [3.63, 3.8) is 0 Å². The van der Waals surface area contributed by atoms with Gasteiger partial charge in [-0.1, -0.05) is 6.92 Å². The Kier molecular flexibility index (Phi) is 4.74. The van der Waals surface area contributed by atoms with Crippen LogP contribution in [-0.4, -0.2) is 34.1 Å². The summed E-state index contributed by atoms with van der Waals surface area (Å²) in [5, 5.41) is 8.83. The van der Waals surface area contributed by atoms with Crippen molar-refractivity contribution in [2.45, 2.75) is 38.6 Å². The van der Waals surface area contributed by atoms with Crippen LogP contribution in [0.5, 0.6) is 6.01 Å². The normalized spacial score (nSPS) is 13.9. The number of nitrogens with zero attached hydrogens (tertiary/aromatic N) is 5. The van der Waals surface area contributed by atoms with E-state index in [1.807, 2.05) is 11.8 Å². The Balaban J connectivity index is 2.16. The zero-order valence-electron chi connectivity index (χ0n) is 10.8. The van der Waals surface area contributed by atoms with Crippen LogP contribution in [0.3, 0.4) is 0 Å². The van der Waals surface area contributed by atoms with Crippen LogP contribution < -0.4 is 9.64 Å². The molecule has 0 bridgehead atoms. The molecule has 102 valence electrons. The van der Waals surface area contributed by atoms with E-state index in [1.54, 1.807) is 0 Å². The second kappa shape index (κ2) is 6.53. The fraction of sp³-hybridized carbons (Fsp3) is 0.667. The fourth-order valence-corrected chi connectivity index (χ4v) is 1.86. The van der Waals surface area contributed by atoms with Gasteiger partial charge in [0.25, 0.3) is 0 Å². The number of anilines is 1. The molecule has 1 aromatic heterocycles. The zero-order chi connectivity index (χ0) is 13.7. The largest absolute Gasteiger partial charge is 0.463 e. The molecular weight excluding hydrogens is 266 g/mol. The van der Waals surface area contributed by atoms with Gasteiger partial charge in [0.1, 0.15) is 0 Å². The van der Waals surface area contributed by atoms with Gasteiger partial charge < -0.3 is 9.64 Å². The lowest BCUT2D eigenvalue weighted by Gasteiger charge is -2.21. The second-order valence-electron chi connectivity index (χ2n) is 4.37. The first-order chi connectivity index (χ1) is 9.24. The van der Waals surface area contributed by atoms with Gasteiger partial charge >= 0.3 is 6.01 Å². The van der Waals surface area contributed by atoms with E-state index in [9.17, 15) is 0 Å². The molecule has 0 N–H and O–H groups in total. The molecule has 0 atom stereocenters. The molecule has 0 aliphatic heterocycles. The summed E-state index contributed by atoms with van der Waals surface area (Å²) >= 11 is 5.90. The van der Waals surface area contributed by atoms with Gasteiger partial charge in [0.15, 0.2) is 0 Å². The molecule has 6 nitrogen and oxygen atoms in total. The molecule has 19 heavy (non-hydrogen) atoms. The minimum Gasteiger partial charge on any atom is -0.463 e. The third-order valence-electron chi connectivity index (χ3n) is 2.72. The molecule has 0 radical (unpaired) electrons. The van der Waals surface area contributed by atoms with E-state index in [0.717, 1.165) is 19.3 Å². The van der Waals surface area contributed by atoms with E-state index in [4.69, 9.17) is 21.6 Å². The summed E-state index contributed by atoms with van der Waals surface area (Å²) in [6.07, 6.45) is 3.50. The van der Waals surface area contributed by atoms with Gasteiger partial charge in [-0.2, -0.15) is 20.2 Å². The highest BCUT2D eigenvalue weighted by molar-refractivity contribution is 6.28.